The second-order valence-electron chi connectivity index (χ2n) is 23.1. The second-order valence-corrected chi connectivity index (χ2v) is 23.1. The van der Waals surface area contributed by atoms with E-state index in [0.717, 1.165) is 74.0 Å². The van der Waals surface area contributed by atoms with Crippen LogP contribution in [-0.2, 0) is 14.2 Å². The van der Waals surface area contributed by atoms with Gasteiger partial charge in [0, 0.05) is 13.2 Å². The molecule has 5 nitrogen and oxygen atoms in total. The molecule has 10 atom stereocenters. The Morgan fingerprint density at radius 1 is 0.698 bits per heavy atom. The molecule has 3 saturated carbocycles. The average Bonchev–Trinajstić information content (AvgIpc) is 3.63. The molecular weight excluding hydrogens is 775 g/mol. The Labute approximate surface area is 392 Å². The van der Waals surface area contributed by atoms with Crippen LogP contribution in [0.4, 0.5) is 0 Å². The zero-order valence-electron chi connectivity index (χ0n) is 43.1. The normalized spacial score (nSPS) is 29.0. The molecule has 4 aliphatic rings. The molecule has 0 aromatic heterocycles. The summed E-state index contributed by atoms with van der Waals surface area (Å²) in [4.78, 5) is 0. The molecule has 4 rings (SSSR count). The zero-order valence-corrected chi connectivity index (χ0v) is 43.1. The molecule has 0 heterocycles. The van der Waals surface area contributed by atoms with E-state index in [0.29, 0.717) is 49.5 Å². The van der Waals surface area contributed by atoms with Crippen LogP contribution in [-0.4, -0.2) is 55.9 Å². The largest absolute Gasteiger partial charge is 0.394 e. The van der Waals surface area contributed by atoms with Gasteiger partial charge in [-0.15, -0.1) is 0 Å². The number of hydrogen-bond donors (Lipinski definition) is 2. The third-order valence-corrected chi connectivity index (χ3v) is 17.5. The Kier molecular flexibility index (Phi) is 26.1. The summed E-state index contributed by atoms with van der Waals surface area (Å²) in [5, 5.41) is 10.0. The van der Waals surface area contributed by atoms with Gasteiger partial charge in [-0.3, -0.25) is 0 Å². The maximum absolute atomic E-state index is 10.0. The van der Waals surface area contributed by atoms with E-state index in [9.17, 15) is 5.11 Å². The fourth-order valence-electron chi connectivity index (χ4n) is 13.5. The molecule has 0 amide bonds. The Balaban J connectivity index is 1.04. The lowest BCUT2D eigenvalue weighted by molar-refractivity contribution is -0.0781. The first-order chi connectivity index (χ1) is 30.5. The van der Waals surface area contributed by atoms with Gasteiger partial charge in [0.25, 0.3) is 0 Å². The number of allylic oxidation sites excluding steroid dienone is 3. The van der Waals surface area contributed by atoms with Gasteiger partial charge in [-0.25, -0.2) is 0 Å². The molecule has 0 aromatic carbocycles. The van der Waals surface area contributed by atoms with Gasteiger partial charge in [-0.1, -0.05) is 169 Å². The van der Waals surface area contributed by atoms with E-state index in [1.54, 1.807) is 5.57 Å². The predicted molar refractivity (Wildman–Crippen MR) is 270 cm³/mol. The molecule has 0 spiro atoms. The van der Waals surface area contributed by atoms with Crippen LogP contribution in [0, 0.1) is 46.3 Å². The van der Waals surface area contributed by atoms with Crippen molar-refractivity contribution >= 4 is 0 Å². The van der Waals surface area contributed by atoms with Crippen LogP contribution in [0.25, 0.3) is 0 Å². The highest BCUT2D eigenvalue weighted by Gasteiger charge is 2.59. The van der Waals surface area contributed by atoms with E-state index in [-0.39, 0.29) is 6.61 Å². The Morgan fingerprint density at radius 3 is 1.97 bits per heavy atom. The van der Waals surface area contributed by atoms with E-state index in [4.69, 9.17) is 19.9 Å². The van der Waals surface area contributed by atoms with Crippen molar-refractivity contribution in [3.8, 4) is 0 Å². The summed E-state index contributed by atoms with van der Waals surface area (Å²) in [5.41, 5.74) is 8.37. The van der Waals surface area contributed by atoms with Gasteiger partial charge in [-0.05, 0) is 149 Å². The van der Waals surface area contributed by atoms with Crippen molar-refractivity contribution in [2.45, 2.75) is 265 Å². The van der Waals surface area contributed by atoms with Crippen LogP contribution >= 0.6 is 0 Å². The minimum Gasteiger partial charge on any atom is -0.394 e. The lowest BCUT2D eigenvalue weighted by Gasteiger charge is -2.58. The number of aliphatic hydroxyl groups excluding tert-OH is 1. The van der Waals surface area contributed by atoms with Crippen LogP contribution in [0.2, 0.25) is 0 Å². The summed E-state index contributed by atoms with van der Waals surface area (Å²) in [6.45, 7) is 19.3. The number of ether oxygens (including phenoxy) is 3. The molecule has 3 N–H and O–H groups in total. The first-order valence-electron chi connectivity index (χ1n) is 28.0. The molecule has 63 heavy (non-hydrogen) atoms. The highest BCUT2D eigenvalue weighted by atomic mass is 16.5. The predicted octanol–water partition coefficient (Wildman–Crippen LogP) is 15.9. The van der Waals surface area contributed by atoms with E-state index < -0.39 is 5.54 Å². The molecule has 0 saturated heterocycles. The Bertz CT molecular complexity index is 1250. The maximum Gasteiger partial charge on any atom is 0.0862 e. The molecule has 5 heteroatoms. The lowest BCUT2D eigenvalue weighted by Crippen LogP contribution is -2.52. The number of aliphatic hydroxyl groups is 1. The zero-order chi connectivity index (χ0) is 45.4. The van der Waals surface area contributed by atoms with Gasteiger partial charge < -0.3 is 25.1 Å². The van der Waals surface area contributed by atoms with Crippen LogP contribution in [0.1, 0.15) is 248 Å². The quantitative estimate of drug-likeness (QED) is 0.0484. The van der Waals surface area contributed by atoms with Crippen LogP contribution in [0.3, 0.4) is 0 Å². The molecule has 0 aromatic rings. The van der Waals surface area contributed by atoms with Crippen LogP contribution in [0.15, 0.2) is 23.8 Å². The molecule has 7 unspecified atom stereocenters. The van der Waals surface area contributed by atoms with Gasteiger partial charge in [0.2, 0.25) is 0 Å². The van der Waals surface area contributed by atoms with E-state index in [2.05, 4.69) is 66.7 Å². The fourth-order valence-corrected chi connectivity index (χ4v) is 13.5. The van der Waals surface area contributed by atoms with Crippen LogP contribution in [0.5, 0.6) is 0 Å². The molecule has 4 aliphatic carbocycles. The van der Waals surface area contributed by atoms with E-state index in [1.807, 2.05) is 0 Å². The fraction of sp³-hybridized carbons (Fsp3) is 0.931. The SMILES string of the molecule is CCCCCCCC/C=C\CCCCCCCCOCC(N)(CO)COCCCCCC(CCC)O[C@H]1CC[C@@]2(C)C(=CCC3C4CCC(C(C)CCCC(C)C)[C@@]4(C)CCC32)C1. The minimum absolute atomic E-state index is 0.118. The summed E-state index contributed by atoms with van der Waals surface area (Å²) in [6, 6.07) is 0. The molecular formula is C58H107NO4. The first-order valence-corrected chi connectivity index (χ1v) is 28.0. The number of nitrogens with two attached hydrogens (primary N) is 1. The van der Waals surface area contributed by atoms with Crippen molar-refractivity contribution in [2.24, 2.45) is 52.1 Å². The molecule has 3 fully saturated rings. The summed E-state index contributed by atoms with van der Waals surface area (Å²) < 4.78 is 18.9. The number of hydrogen-bond acceptors (Lipinski definition) is 5. The maximum atomic E-state index is 10.0. The van der Waals surface area contributed by atoms with Crippen molar-refractivity contribution in [3.63, 3.8) is 0 Å². The summed E-state index contributed by atoms with van der Waals surface area (Å²) in [7, 11) is 0. The Morgan fingerprint density at radius 2 is 1.33 bits per heavy atom. The summed E-state index contributed by atoms with van der Waals surface area (Å²) in [6.07, 6.45) is 48.5. The van der Waals surface area contributed by atoms with E-state index >= 15 is 0 Å². The molecule has 0 radical (unpaired) electrons. The van der Waals surface area contributed by atoms with Gasteiger partial charge in [0.05, 0.1) is 37.6 Å². The molecule has 0 aliphatic heterocycles. The van der Waals surface area contributed by atoms with Crippen molar-refractivity contribution < 1.29 is 19.3 Å². The highest BCUT2D eigenvalue weighted by Crippen LogP contribution is 2.67. The van der Waals surface area contributed by atoms with Gasteiger partial charge in [-0.2, -0.15) is 0 Å². The molecule has 0 bridgehead atoms. The van der Waals surface area contributed by atoms with E-state index in [1.165, 1.54) is 161 Å². The van der Waals surface area contributed by atoms with Crippen molar-refractivity contribution in [2.75, 3.05) is 33.0 Å². The average molecular weight is 882 g/mol. The monoisotopic (exact) mass is 882 g/mol. The van der Waals surface area contributed by atoms with Gasteiger partial charge in [0.1, 0.15) is 0 Å². The second kappa shape index (κ2) is 29.9. The third-order valence-electron chi connectivity index (χ3n) is 17.5. The number of fused-ring (bicyclic) bond motifs is 5. The topological polar surface area (TPSA) is 73.9 Å². The summed E-state index contributed by atoms with van der Waals surface area (Å²) >= 11 is 0. The lowest BCUT2D eigenvalue weighted by atomic mass is 9.47. The highest BCUT2D eigenvalue weighted by molar-refractivity contribution is 5.25. The minimum atomic E-state index is -0.824. The number of rotatable bonds is 36. The van der Waals surface area contributed by atoms with Crippen LogP contribution < -0.4 is 5.73 Å². The van der Waals surface area contributed by atoms with Crippen molar-refractivity contribution in [1.82, 2.24) is 0 Å². The first kappa shape index (κ1) is 54.9. The number of unbranched alkanes of at least 4 members (excludes halogenated alkanes) is 14. The Hall–Kier alpha value is -0.720. The summed E-state index contributed by atoms with van der Waals surface area (Å²) in [5.74, 6) is 5.36. The standard InChI is InChI=1S/C58H107NO4/c1-8-10-11-12-13-14-15-16-17-18-19-20-21-22-23-26-41-61-45-58(59,44-60)46-62-42-27-24-25-32-50(29-9-2)63-51-37-39-56(6)49(43-51)33-34-52-54-36-35-53(48(5)31-28-30-47(3)4)57(54,7)40-38-55(52)56/h16-17,33,47-48,50-55,60H,8-15,18-32,34-46,59H2,1-7H3/b17-16-/t48?,50?,51-,52?,53?,54?,55?,56-,57+,58?/m0/s1. The third kappa shape index (κ3) is 18.0. The smallest absolute Gasteiger partial charge is 0.0862 e. The van der Waals surface area contributed by atoms with Crippen molar-refractivity contribution in [1.29, 1.82) is 0 Å². The van der Waals surface area contributed by atoms with Gasteiger partial charge in [0.15, 0.2) is 0 Å². The van der Waals surface area contributed by atoms with Crippen molar-refractivity contribution in [3.05, 3.63) is 23.8 Å². The van der Waals surface area contributed by atoms with Gasteiger partial charge >= 0.3 is 0 Å². The molecule has 368 valence electrons.